The van der Waals surface area contributed by atoms with E-state index in [0.717, 1.165) is 22.9 Å². The summed E-state index contributed by atoms with van der Waals surface area (Å²) in [4.78, 5) is 2.16. The predicted octanol–water partition coefficient (Wildman–Crippen LogP) is 3.36. The third-order valence-corrected chi connectivity index (χ3v) is 3.97. The predicted molar refractivity (Wildman–Crippen MR) is 88.1 cm³/mol. The van der Waals surface area contributed by atoms with Gasteiger partial charge in [-0.2, -0.15) is 0 Å². The number of aromatic nitrogens is 1. The molecule has 4 heteroatoms. The Morgan fingerprint density at radius 3 is 2.23 bits per heavy atom. The van der Waals surface area contributed by atoms with Crippen molar-refractivity contribution in [3.63, 3.8) is 0 Å². The molecule has 114 valence electrons. The maximum Gasteiger partial charge on any atom is 0.116 e. The van der Waals surface area contributed by atoms with Crippen LogP contribution in [0.4, 0.5) is 0 Å². The Morgan fingerprint density at radius 1 is 0.909 bits per heavy atom. The summed E-state index contributed by atoms with van der Waals surface area (Å²) >= 11 is 0. The van der Waals surface area contributed by atoms with Crippen molar-refractivity contribution in [3.8, 4) is 11.5 Å². The van der Waals surface area contributed by atoms with Crippen molar-refractivity contribution in [2.45, 2.75) is 12.6 Å². The molecule has 0 spiro atoms. The van der Waals surface area contributed by atoms with Crippen molar-refractivity contribution in [1.29, 1.82) is 0 Å². The highest BCUT2D eigenvalue weighted by Gasteiger charge is 2.15. The smallest absolute Gasteiger partial charge is 0.116 e. The average molecular weight is 296 g/mol. The van der Waals surface area contributed by atoms with E-state index in [1.54, 1.807) is 24.3 Å². The molecule has 0 amide bonds. The van der Waals surface area contributed by atoms with Gasteiger partial charge >= 0.3 is 0 Å². The van der Waals surface area contributed by atoms with Crippen LogP contribution in [0.2, 0.25) is 0 Å². The van der Waals surface area contributed by atoms with Gasteiger partial charge in [-0.1, -0.05) is 12.1 Å². The summed E-state index contributed by atoms with van der Waals surface area (Å²) in [6, 6.07) is 13.0. The van der Waals surface area contributed by atoms with Gasteiger partial charge in [-0.25, -0.2) is 0 Å². The number of phenolic OH excluding ortho intramolecular Hbond substituents is 2. The van der Waals surface area contributed by atoms with Crippen LogP contribution in [-0.4, -0.2) is 33.8 Å². The highest BCUT2D eigenvalue weighted by Crippen LogP contribution is 2.25. The van der Waals surface area contributed by atoms with E-state index in [1.165, 1.54) is 0 Å². The van der Waals surface area contributed by atoms with E-state index in [4.69, 9.17) is 0 Å². The molecule has 1 aromatic heterocycles. The van der Waals surface area contributed by atoms with Gasteiger partial charge < -0.3 is 19.7 Å². The molecule has 2 N–H and O–H groups in total. The molecule has 22 heavy (non-hydrogen) atoms. The normalized spacial score (nSPS) is 12.9. The van der Waals surface area contributed by atoms with Crippen LogP contribution in [0.25, 0.3) is 10.8 Å². The first kappa shape index (κ1) is 14.5. The minimum absolute atomic E-state index is 0.205. The van der Waals surface area contributed by atoms with Crippen LogP contribution < -0.4 is 0 Å². The van der Waals surface area contributed by atoms with Crippen LogP contribution >= 0.6 is 0 Å². The van der Waals surface area contributed by atoms with E-state index in [0.29, 0.717) is 0 Å². The summed E-state index contributed by atoms with van der Waals surface area (Å²) in [7, 11) is 4.10. The third kappa shape index (κ3) is 2.92. The van der Waals surface area contributed by atoms with Gasteiger partial charge in [0, 0.05) is 24.3 Å². The van der Waals surface area contributed by atoms with Gasteiger partial charge in [0.1, 0.15) is 11.5 Å². The lowest BCUT2D eigenvalue weighted by molar-refractivity contribution is 0.269. The summed E-state index contributed by atoms with van der Waals surface area (Å²) in [5, 5.41) is 21.2. The van der Waals surface area contributed by atoms with E-state index in [1.807, 2.05) is 38.5 Å². The molecule has 1 unspecified atom stereocenters. The zero-order valence-electron chi connectivity index (χ0n) is 12.8. The van der Waals surface area contributed by atoms with Crippen molar-refractivity contribution < 1.29 is 10.2 Å². The van der Waals surface area contributed by atoms with E-state index < -0.39 is 0 Å². The fourth-order valence-corrected chi connectivity index (χ4v) is 2.75. The lowest BCUT2D eigenvalue weighted by atomic mass is 10.1. The van der Waals surface area contributed by atoms with Crippen LogP contribution in [0.15, 0.2) is 54.9 Å². The number of likely N-dealkylation sites (N-methyl/N-ethyl adjacent to an activating group) is 1. The van der Waals surface area contributed by atoms with Crippen LogP contribution in [0.5, 0.6) is 11.5 Å². The number of hydrogen-bond acceptors (Lipinski definition) is 3. The molecule has 4 nitrogen and oxygen atoms in total. The Morgan fingerprint density at radius 2 is 1.55 bits per heavy atom. The molecule has 0 aliphatic rings. The average Bonchev–Trinajstić information content (AvgIpc) is 2.87. The van der Waals surface area contributed by atoms with Gasteiger partial charge in [0.2, 0.25) is 0 Å². The van der Waals surface area contributed by atoms with Crippen LogP contribution in [-0.2, 0) is 6.54 Å². The number of hydrogen-bond donors (Lipinski definition) is 2. The SMILES string of the molecule is CN(C)C(Cn1cc2ccc(O)cc2c1)c1ccc(O)cc1. The lowest BCUT2D eigenvalue weighted by Crippen LogP contribution is -2.24. The summed E-state index contributed by atoms with van der Waals surface area (Å²) in [6.07, 6.45) is 4.14. The minimum atomic E-state index is 0.205. The molecule has 1 heterocycles. The Kier molecular flexibility index (Phi) is 3.77. The summed E-state index contributed by atoms with van der Waals surface area (Å²) in [6.45, 7) is 0.799. The maximum atomic E-state index is 9.57. The fourth-order valence-electron chi connectivity index (χ4n) is 2.75. The highest BCUT2D eigenvalue weighted by molar-refractivity contribution is 5.83. The Hall–Kier alpha value is -2.46. The number of fused-ring (bicyclic) bond motifs is 1. The van der Waals surface area contributed by atoms with Gasteiger partial charge in [0.25, 0.3) is 0 Å². The topological polar surface area (TPSA) is 48.6 Å². The molecule has 2 aromatic carbocycles. The summed E-state index contributed by atoms with van der Waals surface area (Å²) in [5.74, 6) is 0.566. The molecule has 3 aromatic rings. The van der Waals surface area contributed by atoms with E-state index >= 15 is 0 Å². The Balaban J connectivity index is 1.90. The van der Waals surface area contributed by atoms with Gasteiger partial charge in [-0.3, -0.25) is 0 Å². The van der Waals surface area contributed by atoms with E-state index in [2.05, 4.69) is 15.7 Å². The minimum Gasteiger partial charge on any atom is -0.508 e. The number of phenols is 2. The maximum absolute atomic E-state index is 9.57. The standard InChI is InChI=1S/C18H20N2O2/c1-19(2)18(13-3-6-16(21)7-4-13)12-20-10-14-5-8-17(22)9-15(14)11-20/h3-11,18,21-22H,12H2,1-2H3. The van der Waals surface area contributed by atoms with Gasteiger partial charge in [0.05, 0.1) is 6.04 Å². The second-order valence-corrected chi connectivity index (χ2v) is 5.84. The fraction of sp³-hybridized carbons (Fsp3) is 0.222. The Bertz CT molecular complexity index is 775. The number of aromatic hydroxyl groups is 2. The zero-order valence-corrected chi connectivity index (χ0v) is 12.8. The second kappa shape index (κ2) is 5.73. The Labute approximate surface area is 129 Å². The van der Waals surface area contributed by atoms with Crippen molar-refractivity contribution in [2.75, 3.05) is 14.1 Å². The summed E-state index contributed by atoms with van der Waals surface area (Å²) in [5.41, 5.74) is 1.16. The zero-order chi connectivity index (χ0) is 15.7. The molecule has 1 atom stereocenters. The highest BCUT2D eigenvalue weighted by atomic mass is 16.3. The lowest BCUT2D eigenvalue weighted by Gasteiger charge is -2.25. The molecule has 0 bridgehead atoms. The number of rotatable bonds is 4. The molecular formula is C18H20N2O2. The van der Waals surface area contributed by atoms with Gasteiger partial charge in [-0.15, -0.1) is 0 Å². The molecule has 0 aliphatic carbocycles. The van der Waals surface area contributed by atoms with Crippen molar-refractivity contribution in [1.82, 2.24) is 9.47 Å². The first-order chi connectivity index (χ1) is 10.5. The van der Waals surface area contributed by atoms with E-state index in [-0.39, 0.29) is 17.5 Å². The molecule has 0 aliphatic heterocycles. The van der Waals surface area contributed by atoms with E-state index in [9.17, 15) is 10.2 Å². The monoisotopic (exact) mass is 296 g/mol. The van der Waals surface area contributed by atoms with Crippen LogP contribution in [0.1, 0.15) is 11.6 Å². The molecule has 0 radical (unpaired) electrons. The molecule has 0 fully saturated rings. The van der Waals surface area contributed by atoms with Crippen molar-refractivity contribution >= 4 is 10.8 Å². The molecule has 0 saturated heterocycles. The van der Waals surface area contributed by atoms with Crippen molar-refractivity contribution in [3.05, 3.63) is 60.4 Å². The third-order valence-electron chi connectivity index (χ3n) is 3.97. The summed E-state index contributed by atoms with van der Waals surface area (Å²) < 4.78 is 2.14. The first-order valence-electron chi connectivity index (χ1n) is 7.27. The molecule has 0 saturated carbocycles. The quantitative estimate of drug-likeness (QED) is 0.776. The van der Waals surface area contributed by atoms with Gasteiger partial charge in [-0.05, 0) is 55.4 Å². The molecular weight excluding hydrogens is 276 g/mol. The largest absolute Gasteiger partial charge is 0.508 e. The van der Waals surface area contributed by atoms with Crippen LogP contribution in [0, 0.1) is 0 Å². The second-order valence-electron chi connectivity index (χ2n) is 5.84. The number of nitrogens with zero attached hydrogens (tertiary/aromatic N) is 2. The first-order valence-corrected chi connectivity index (χ1v) is 7.27. The van der Waals surface area contributed by atoms with Gasteiger partial charge in [0.15, 0.2) is 0 Å². The molecule has 3 rings (SSSR count). The van der Waals surface area contributed by atoms with Crippen LogP contribution in [0.3, 0.4) is 0 Å². The van der Waals surface area contributed by atoms with Crippen molar-refractivity contribution in [2.24, 2.45) is 0 Å². The number of benzene rings is 2.